The molecule has 0 aromatic heterocycles. The van der Waals surface area contributed by atoms with Crippen LogP contribution in [-0.2, 0) is 16.4 Å². The fraction of sp³-hybridized carbons (Fsp3) is 0.200. The molecule has 3 rings (SSSR count). The Balaban J connectivity index is 2.10. The highest BCUT2D eigenvalue weighted by atomic mass is 79.9. The minimum atomic E-state index is -3.53. The van der Waals surface area contributed by atoms with Gasteiger partial charge in [0.2, 0.25) is 0 Å². The average Bonchev–Trinajstić information content (AvgIpc) is 2.74. The van der Waals surface area contributed by atoms with Crippen molar-refractivity contribution < 1.29 is 8.42 Å². The van der Waals surface area contributed by atoms with Gasteiger partial charge in [-0.2, -0.15) is 0 Å². The van der Waals surface area contributed by atoms with Gasteiger partial charge in [0, 0.05) is 15.0 Å². The van der Waals surface area contributed by atoms with Crippen LogP contribution in [0.5, 0.6) is 0 Å². The van der Waals surface area contributed by atoms with Crippen LogP contribution in [-0.4, -0.2) is 14.5 Å². The third kappa shape index (κ3) is 2.64. The Morgan fingerprint density at radius 3 is 2.33 bits per heavy atom. The van der Waals surface area contributed by atoms with E-state index >= 15 is 0 Å². The molecule has 0 amide bonds. The molecule has 21 heavy (non-hydrogen) atoms. The van der Waals surface area contributed by atoms with Crippen molar-refractivity contribution in [2.45, 2.75) is 24.3 Å². The van der Waals surface area contributed by atoms with Gasteiger partial charge in [0.15, 0.2) is 0 Å². The van der Waals surface area contributed by atoms with Gasteiger partial charge in [-0.3, -0.25) is 4.31 Å². The minimum Gasteiger partial charge on any atom is -0.263 e. The second kappa shape index (κ2) is 5.41. The molecule has 0 aliphatic carbocycles. The molecular weight excluding hydrogens is 418 g/mol. The molecule has 1 aliphatic heterocycles. The van der Waals surface area contributed by atoms with Crippen LogP contribution in [0.15, 0.2) is 56.3 Å². The Bertz CT molecular complexity index is 788. The van der Waals surface area contributed by atoms with E-state index < -0.39 is 10.0 Å². The van der Waals surface area contributed by atoms with Crippen molar-refractivity contribution in [3.05, 3.63) is 57.0 Å². The lowest BCUT2D eigenvalue weighted by atomic mass is 10.1. The minimum absolute atomic E-state index is 0.0806. The topological polar surface area (TPSA) is 37.4 Å². The van der Waals surface area contributed by atoms with Crippen LogP contribution in [0, 0.1) is 0 Å². The lowest BCUT2D eigenvalue weighted by Crippen LogP contribution is -2.35. The molecule has 110 valence electrons. The van der Waals surface area contributed by atoms with Crippen molar-refractivity contribution in [3.63, 3.8) is 0 Å². The van der Waals surface area contributed by atoms with E-state index in [0.29, 0.717) is 4.90 Å². The summed E-state index contributed by atoms with van der Waals surface area (Å²) in [4.78, 5) is 0.313. The molecule has 0 unspecified atom stereocenters. The highest BCUT2D eigenvalue weighted by molar-refractivity contribution is 9.10. The molecule has 0 spiro atoms. The smallest absolute Gasteiger partial charge is 0.263 e. The van der Waals surface area contributed by atoms with Gasteiger partial charge < -0.3 is 0 Å². The van der Waals surface area contributed by atoms with Crippen LogP contribution >= 0.6 is 31.9 Å². The van der Waals surface area contributed by atoms with Gasteiger partial charge in [-0.15, -0.1) is 0 Å². The highest BCUT2D eigenvalue weighted by Gasteiger charge is 2.35. The summed E-state index contributed by atoms with van der Waals surface area (Å²) in [5.41, 5.74) is 1.83. The Labute approximate surface area is 141 Å². The monoisotopic (exact) mass is 429 g/mol. The van der Waals surface area contributed by atoms with Gasteiger partial charge in [-0.05, 0) is 61.4 Å². The summed E-state index contributed by atoms with van der Waals surface area (Å²) in [5.74, 6) is 0. The summed E-state index contributed by atoms with van der Waals surface area (Å²) >= 11 is 6.76. The van der Waals surface area contributed by atoms with Crippen molar-refractivity contribution in [2.24, 2.45) is 0 Å². The number of fused-ring (bicyclic) bond motifs is 1. The third-order valence-electron chi connectivity index (χ3n) is 3.57. The summed E-state index contributed by atoms with van der Waals surface area (Å²) in [5, 5.41) is 0. The summed E-state index contributed by atoms with van der Waals surface area (Å²) in [7, 11) is -3.53. The average molecular weight is 431 g/mol. The maximum Gasteiger partial charge on any atom is 0.264 e. The van der Waals surface area contributed by atoms with Crippen LogP contribution in [0.2, 0.25) is 0 Å². The maximum atomic E-state index is 12.9. The molecule has 0 bridgehead atoms. The van der Waals surface area contributed by atoms with Crippen LogP contribution in [0.1, 0.15) is 12.5 Å². The fourth-order valence-corrected chi connectivity index (χ4v) is 5.02. The van der Waals surface area contributed by atoms with E-state index in [1.54, 1.807) is 24.3 Å². The van der Waals surface area contributed by atoms with Crippen LogP contribution in [0.4, 0.5) is 5.69 Å². The van der Waals surface area contributed by atoms with E-state index in [-0.39, 0.29) is 6.04 Å². The normalized spacial score (nSPS) is 17.9. The molecule has 0 saturated carbocycles. The molecule has 2 aromatic carbocycles. The molecule has 1 atom stereocenters. The first-order valence-corrected chi connectivity index (χ1v) is 9.50. The number of anilines is 1. The molecule has 0 saturated heterocycles. The van der Waals surface area contributed by atoms with E-state index in [1.807, 2.05) is 25.1 Å². The molecule has 6 heteroatoms. The summed E-state index contributed by atoms with van der Waals surface area (Å²) in [6.07, 6.45) is 0.727. The quantitative estimate of drug-likeness (QED) is 0.710. The van der Waals surface area contributed by atoms with E-state index in [9.17, 15) is 8.42 Å². The fourth-order valence-electron chi connectivity index (χ4n) is 2.66. The van der Waals surface area contributed by atoms with Gasteiger partial charge in [-0.25, -0.2) is 8.42 Å². The molecule has 2 aromatic rings. The second-order valence-corrected chi connectivity index (χ2v) is 8.73. The number of sulfonamides is 1. The second-order valence-electron chi connectivity index (χ2n) is 5.08. The first-order chi connectivity index (χ1) is 9.89. The molecule has 1 aliphatic rings. The van der Waals surface area contributed by atoms with E-state index in [4.69, 9.17) is 0 Å². The van der Waals surface area contributed by atoms with E-state index in [1.165, 1.54) is 4.31 Å². The summed E-state index contributed by atoms with van der Waals surface area (Å²) in [6.45, 7) is 1.93. The molecule has 1 heterocycles. The molecule has 3 nitrogen and oxygen atoms in total. The van der Waals surface area contributed by atoms with Crippen molar-refractivity contribution >= 4 is 47.6 Å². The standard InChI is InChI=1S/C15H13Br2NO2S/c1-10-8-11-9-13(17)4-7-15(11)18(10)21(19,20)14-5-2-12(16)3-6-14/h2-7,9-10H,8H2,1H3/t10-/m0/s1. The van der Waals surface area contributed by atoms with E-state index in [0.717, 1.165) is 26.6 Å². The van der Waals surface area contributed by atoms with Gasteiger partial charge >= 0.3 is 0 Å². The van der Waals surface area contributed by atoms with Gasteiger partial charge in [0.05, 0.1) is 10.6 Å². The predicted molar refractivity (Wildman–Crippen MR) is 91.1 cm³/mol. The molecule has 0 fully saturated rings. The van der Waals surface area contributed by atoms with Gasteiger partial charge in [-0.1, -0.05) is 31.9 Å². The number of hydrogen-bond acceptors (Lipinski definition) is 2. The summed E-state index contributed by atoms with van der Waals surface area (Å²) in [6, 6.07) is 12.4. The molecule has 0 N–H and O–H groups in total. The lowest BCUT2D eigenvalue weighted by Gasteiger charge is -2.24. The zero-order valence-electron chi connectivity index (χ0n) is 11.3. The zero-order chi connectivity index (χ0) is 15.2. The van der Waals surface area contributed by atoms with Gasteiger partial charge in [0.25, 0.3) is 10.0 Å². The first-order valence-electron chi connectivity index (χ1n) is 6.48. The SMILES string of the molecule is C[C@H]1Cc2cc(Br)ccc2N1S(=O)(=O)c1ccc(Br)cc1. The van der Waals surface area contributed by atoms with E-state index in [2.05, 4.69) is 31.9 Å². The molecular formula is C15H13Br2NO2S. The van der Waals surface area contributed by atoms with Crippen molar-refractivity contribution in [2.75, 3.05) is 4.31 Å². The number of nitrogens with zero attached hydrogens (tertiary/aromatic N) is 1. The zero-order valence-corrected chi connectivity index (χ0v) is 15.2. The van der Waals surface area contributed by atoms with Crippen molar-refractivity contribution in [1.82, 2.24) is 0 Å². The van der Waals surface area contributed by atoms with Crippen molar-refractivity contribution in [3.8, 4) is 0 Å². The highest BCUT2D eigenvalue weighted by Crippen LogP contribution is 2.38. The van der Waals surface area contributed by atoms with Gasteiger partial charge in [0.1, 0.15) is 0 Å². The first kappa shape index (κ1) is 15.1. The number of benzene rings is 2. The Morgan fingerprint density at radius 2 is 1.67 bits per heavy atom. The summed E-state index contributed by atoms with van der Waals surface area (Å²) < 4.78 is 29.2. The van der Waals surface area contributed by atoms with Crippen LogP contribution < -0.4 is 4.31 Å². The lowest BCUT2D eigenvalue weighted by molar-refractivity contribution is 0.584. The third-order valence-corrected chi connectivity index (χ3v) is 6.53. The van der Waals surface area contributed by atoms with Crippen molar-refractivity contribution in [1.29, 1.82) is 0 Å². The Hall–Kier alpha value is -0.850. The number of halogens is 2. The predicted octanol–water partition coefficient (Wildman–Crippen LogP) is 4.35. The van der Waals surface area contributed by atoms with Crippen LogP contribution in [0.3, 0.4) is 0 Å². The Kier molecular flexibility index (Phi) is 3.88. The largest absolute Gasteiger partial charge is 0.264 e. The Morgan fingerprint density at radius 1 is 1.05 bits per heavy atom. The molecule has 0 radical (unpaired) electrons. The van der Waals surface area contributed by atoms with Crippen LogP contribution in [0.25, 0.3) is 0 Å². The number of hydrogen-bond donors (Lipinski definition) is 0. The maximum absolute atomic E-state index is 12.9. The number of rotatable bonds is 2.